The average molecular weight is 598 g/mol. The molecule has 2 N–H and O–H groups in total. The summed E-state index contributed by atoms with van der Waals surface area (Å²) in [5.74, 6) is -1.11. The van der Waals surface area contributed by atoms with Gasteiger partial charge in [-0.3, -0.25) is 13.9 Å². The second-order valence-corrected chi connectivity index (χ2v) is 13.0. The van der Waals surface area contributed by atoms with E-state index in [1.54, 1.807) is 30.3 Å². The number of fused-ring (bicyclic) bond motifs is 1. The minimum atomic E-state index is -3.96. The number of nitrogens with one attached hydrogen (secondary N) is 2. The molecule has 0 spiro atoms. The summed E-state index contributed by atoms with van der Waals surface area (Å²) in [4.78, 5) is 26.1. The molecule has 0 fully saturated rings. The standard InChI is InChI=1S/C31H33F2N3O5S/c1-31(2,3)18-35-29(37)21-8-6-7-20(15-21)23-16-24-26(17-25(23)36(14-13-32)42(5,39)40)41-28(27(24)30(38)34-4)19-9-11-22(33)12-10-19/h6-12,15-17H,13-14,18H2,1-5H3,(H,34,38)(H,35,37). The second kappa shape index (κ2) is 11.9. The van der Waals surface area contributed by atoms with Crippen LogP contribution in [0.4, 0.5) is 14.5 Å². The Morgan fingerprint density at radius 2 is 1.67 bits per heavy atom. The molecule has 0 saturated carbocycles. The van der Waals surface area contributed by atoms with Crippen LogP contribution in [0.25, 0.3) is 33.4 Å². The van der Waals surface area contributed by atoms with Gasteiger partial charge in [-0.2, -0.15) is 0 Å². The summed E-state index contributed by atoms with van der Waals surface area (Å²) in [5, 5.41) is 5.84. The smallest absolute Gasteiger partial charge is 0.255 e. The summed E-state index contributed by atoms with van der Waals surface area (Å²) in [6, 6.07) is 15.0. The molecule has 0 atom stereocenters. The van der Waals surface area contributed by atoms with Gasteiger partial charge in [0, 0.05) is 41.7 Å². The molecule has 0 aliphatic heterocycles. The number of nitrogens with zero attached hydrogens (tertiary/aromatic N) is 1. The number of alkyl halides is 1. The maximum Gasteiger partial charge on any atom is 0.255 e. The summed E-state index contributed by atoms with van der Waals surface area (Å²) in [5.41, 5.74) is 1.85. The lowest BCUT2D eigenvalue weighted by atomic mass is 9.96. The molecule has 1 aromatic heterocycles. The van der Waals surface area contributed by atoms with Gasteiger partial charge in [0.2, 0.25) is 10.0 Å². The zero-order valence-electron chi connectivity index (χ0n) is 24.0. The molecule has 8 nitrogen and oxygen atoms in total. The molecule has 1 heterocycles. The number of halogens is 2. The average Bonchev–Trinajstić information content (AvgIpc) is 3.31. The van der Waals surface area contributed by atoms with Crippen molar-refractivity contribution in [3.8, 4) is 22.5 Å². The van der Waals surface area contributed by atoms with E-state index in [0.717, 1.165) is 10.6 Å². The number of carbonyl (C=O) groups is 2. The third-order valence-electron chi connectivity index (χ3n) is 6.54. The van der Waals surface area contributed by atoms with Crippen LogP contribution in [0.1, 0.15) is 41.5 Å². The van der Waals surface area contributed by atoms with E-state index in [9.17, 15) is 26.8 Å². The minimum Gasteiger partial charge on any atom is -0.455 e. The lowest BCUT2D eigenvalue weighted by molar-refractivity contribution is 0.0937. The number of rotatable bonds is 9. The van der Waals surface area contributed by atoms with Gasteiger partial charge in [-0.1, -0.05) is 32.9 Å². The number of hydrogen-bond donors (Lipinski definition) is 2. The van der Waals surface area contributed by atoms with Gasteiger partial charge in [0.1, 0.15) is 23.8 Å². The monoisotopic (exact) mass is 597 g/mol. The largest absolute Gasteiger partial charge is 0.455 e. The van der Waals surface area contributed by atoms with Gasteiger partial charge >= 0.3 is 0 Å². The Hall–Kier alpha value is -4.25. The van der Waals surface area contributed by atoms with Crippen molar-refractivity contribution in [3.63, 3.8) is 0 Å². The van der Waals surface area contributed by atoms with E-state index in [0.29, 0.717) is 34.2 Å². The first-order chi connectivity index (χ1) is 19.7. The van der Waals surface area contributed by atoms with Crippen molar-refractivity contribution in [3.05, 3.63) is 77.6 Å². The van der Waals surface area contributed by atoms with E-state index in [2.05, 4.69) is 10.6 Å². The van der Waals surface area contributed by atoms with Crippen LogP contribution in [0.15, 0.2) is 65.1 Å². The van der Waals surface area contributed by atoms with Gasteiger partial charge in [0.05, 0.1) is 24.1 Å². The van der Waals surface area contributed by atoms with Crippen LogP contribution in [0.3, 0.4) is 0 Å². The molecule has 0 unspecified atom stereocenters. The van der Waals surface area contributed by atoms with E-state index in [4.69, 9.17) is 4.42 Å². The van der Waals surface area contributed by atoms with Crippen LogP contribution in [-0.4, -0.2) is 53.3 Å². The molecule has 4 rings (SSSR count). The maximum absolute atomic E-state index is 13.7. The Morgan fingerprint density at radius 1 is 0.976 bits per heavy atom. The van der Waals surface area contributed by atoms with Gasteiger partial charge in [-0.05, 0) is 53.4 Å². The molecule has 11 heteroatoms. The Labute approximate surface area is 243 Å². The molecule has 0 aliphatic rings. The number of hydrogen-bond acceptors (Lipinski definition) is 5. The predicted octanol–water partition coefficient (Wildman–Crippen LogP) is 5.78. The van der Waals surface area contributed by atoms with Crippen LogP contribution in [0.2, 0.25) is 0 Å². The normalized spacial score (nSPS) is 11.9. The van der Waals surface area contributed by atoms with Crippen molar-refractivity contribution in [2.75, 3.05) is 37.4 Å². The van der Waals surface area contributed by atoms with Gasteiger partial charge in [0.25, 0.3) is 11.8 Å². The molecule has 0 radical (unpaired) electrons. The van der Waals surface area contributed by atoms with Crippen LogP contribution in [-0.2, 0) is 10.0 Å². The molecule has 42 heavy (non-hydrogen) atoms. The first kappa shape index (κ1) is 30.7. The summed E-state index contributed by atoms with van der Waals surface area (Å²) in [6.45, 7) is 4.99. The third-order valence-corrected chi connectivity index (χ3v) is 7.72. The molecule has 222 valence electrons. The van der Waals surface area contributed by atoms with Crippen LogP contribution in [0.5, 0.6) is 0 Å². The van der Waals surface area contributed by atoms with Crippen molar-refractivity contribution in [1.29, 1.82) is 0 Å². The van der Waals surface area contributed by atoms with Crippen LogP contribution in [0, 0.1) is 11.2 Å². The molecule has 3 aromatic carbocycles. The number of benzene rings is 3. The molecular weight excluding hydrogens is 564 g/mol. The molecular formula is C31H33F2N3O5S. The van der Waals surface area contributed by atoms with Crippen molar-refractivity contribution >= 4 is 38.5 Å². The Balaban J connectivity index is 2.00. The zero-order chi connectivity index (χ0) is 30.8. The van der Waals surface area contributed by atoms with Crippen molar-refractivity contribution < 1.29 is 31.2 Å². The number of carbonyl (C=O) groups excluding carboxylic acids is 2. The molecule has 0 bridgehead atoms. The van der Waals surface area contributed by atoms with Crippen molar-refractivity contribution in [2.45, 2.75) is 20.8 Å². The van der Waals surface area contributed by atoms with Crippen LogP contribution < -0.4 is 14.9 Å². The lowest BCUT2D eigenvalue weighted by Crippen LogP contribution is -2.32. The summed E-state index contributed by atoms with van der Waals surface area (Å²) in [6.07, 6.45) is 0.967. The quantitative estimate of drug-likeness (QED) is 0.254. The van der Waals surface area contributed by atoms with Crippen LogP contribution >= 0.6 is 0 Å². The van der Waals surface area contributed by atoms with E-state index < -0.39 is 35.0 Å². The number of amides is 2. The highest BCUT2D eigenvalue weighted by molar-refractivity contribution is 7.92. The maximum atomic E-state index is 13.7. The summed E-state index contributed by atoms with van der Waals surface area (Å²) in [7, 11) is -2.50. The Morgan fingerprint density at radius 3 is 2.26 bits per heavy atom. The second-order valence-electron chi connectivity index (χ2n) is 11.1. The summed E-state index contributed by atoms with van der Waals surface area (Å²) < 4.78 is 60.0. The zero-order valence-corrected chi connectivity index (χ0v) is 24.9. The fraction of sp³-hybridized carbons (Fsp3) is 0.290. The molecule has 0 saturated heterocycles. The van der Waals surface area contributed by atoms with E-state index >= 15 is 0 Å². The topological polar surface area (TPSA) is 109 Å². The molecule has 0 aliphatic carbocycles. The predicted molar refractivity (Wildman–Crippen MR) is 160 cm³/mol. The van der Waals surface area contributed by atoms with Gasteiger partial charge in [0.15, 0.2) is 0 Å². The highest BCUT2D eigenvalue weighted by atomic mass is 32.2. The van der Waals surface area contributed by atoms with Crippen molar-refractivity contribution in [1.82, 2.24) is 10.6 Å². The highest BCUT2D eigenvalue weighted by Crippen LogP contribution is 2.41. The van der Waals surface area contributed by atoms with E-state index in [-0.39, 0.29) is 33.9 Å². The molecule has 4 aromatic rings. The fourth-order valence-corrected chi connectivity index (χ4v) is 5.45. The molecule has 2 amide bonds. The van der Waals surface area contributed by atoms with E-state index in [1.807, 2.05) is 20.8 Å². The lowest BCUT2D eigenvalue weighted by Gasteiger charge is -2.24. The highest BCUT2D eigenvalue weighted by Gasteiger charge is 2.27. The van der Waals surface area contributed by atoms with Gasteiger partial charge < -0.3 is 15.1 Å². The first-order valence-corrected chi connectivity index (χ1v) is 15.1. The number of anilines is 1. The number of furan rings is 1. The first-order valence-electron chi connectivity index (χ1n) is 13.2. The van der Waals surface area contributed by atoms with Gasteiger partial charge in [-0.25, -0.2) is 17.2 Å². The Kier molecular flexibility index (Phi) is 8.72. The third kappa shape index (κ3) is 6.62. The number of sulfonamides is 1. The minimum absolute atomic E-state index is 0.109. The van der Waals surface area contributed by atoms with E-state index in [1.165, 1.54) is 37.4 Å². The fourth-order valence-electron chi connectivity index (χ4n) is 4.54. The SMILES string of the molecule is CNC(=O)c1c(-c2ccc(F)cc2)oc2cc(N(CCF)S(C)(=O)=O)c(-c3cccc(C(=O)NCC(C)(C)C)c3)cc12. The Bertz CT molecular complexity index is 1740. The summed E-state index contributed by atoms with van der Waals surface area (Å²) >= 11 is 0. The van der Waals surface area contributed by atoms with Crippen molar-refractivity contribution in [2.24, 2.45) is 5.41 Å². The van der Waals surface area contributed by atoms with Gasteiger partial charge in [-0.15, -0.1) is 0 Å².